The monoisotopic (exact) mass is 305 g/mol. The molecule has 0 saturated heterocycles. The second kappa shape index (κ2) is 6.93. The molecule has 0 unspecified atom stereocenters. The van der Waals surface area contributed by atoms with E-state index in [-0.39, 0.29) is 5.91 Å². The van der Waals surface area contributed by atoms with Gasteiger partial charge in [-0.1, -0.05) is 5.16 Å². The second-order valence-electron chi connectivity index (χ2n) is 4.87. The van der Waals surface area contributed by atoms with E-state index >= 15 is 0 Å². The maximum Gasteiger partial charge on any atom is 0.227 e. The van der Waals surface area contributed by atoms with E-state index in [1.807, 2.05) is 6.07 Å². The highest BCUT2D eigenvalue weighted by molar-refractivity contribution is 5.75. The van der Waals surface area contributed by atoms with Crippen LogP contribution < -0.4 is 9.47 Å². The first-order chi connectivity index (χ1) is 10.5. The van der Waals surface area contributed by atoms with E-state index < -0.39 is 0 Å². The van der Waals surface area contributed by atoms with Gasteiger partial charge in [-0.25, -0.2) is 0 Å². The number of methoxy groups -OCH3 is 2. The molecule has 7 heteroatoms. The quantitative estimate of drug-likeness (QED) is 0.809. The Balaban J connectivity index is 2.12. The van der Waals surface area contributed by atoms with Crippen molar-refractivity contribution in [3.8, 4) is 22.9 Å². The number of carbonyl (C=O) groups is 1. The third-order valence-electron chi connectivity index (χ3n) is 3.16. The van der Waals surface area contributed by atoms with Crippen LogP contribution in [0, 0.1) is 0 Å². The molecule has 118 valence electrons. The molecule has 0 N–H and O–H groups in total. The summed E-state index contributed by atoms with van der Waals surface area (Å²) in [4.78, 5) is 17.4. The Morgan fingerprint density at radius 3 is 2.59 bits per heavy atom. The van der Waals surface area contributed by atoms with Crippen molar-refractivity contribution < 1.29 is 18.8 Å². The van der Waals surface area contributed by atoms with E-state index in [2.05, 4.69) is 10.1 Å². The summed E-state index contributed by atoms with van der Waals surface area (Å²) in [6.07, 6.45) is 0.748. The van der Waals surface area contributed by atoms with Crippen LogP contribution >= 0.6 is 0 Å². The van der Waals surface area contributed by atoms with Gasteiger partial charge in [0.25, 0.3) is 0 Å². The van der Waals surface area contributed by atoms with Gasteiger partial charge in [-0.15, -0.1) is 0 Å². The van der Waals surface area contributed by atoms with Crippen molar-refractivity contribution in [2.75, 3.05) is 28.3 Å². The SMILES string of the molecule is COc1ccc(-c2noc(CCC(=O)N(C)C)n2)cc1OC. The largest absolute Gasteiger partial charge is 0.493 e. The molecule has 0 bridgehead atoms. The van der Waals surface area contributed by atoms with Gasteiger partial charge in [0.2, 0.25) is 17.6 Å². The number of hydrogen-bond acceptors (Lipinski definition) is 6. The molecule has 1 amide bonds. The minimum atomic E-state index is 0.0193. The molecule has 0 aliphatic carbocycles. The molecule has 0 aliphatic rings. The van der Waals surface area contributed by atoms with E-state index in [0.717, 1.165) is 5.56 Å². The van der Waals surface area contributed by atoms with Crippen LogP contribution in [0.15, 0.2) is 22.7 Å². The van der Waals surface area contributed by atoms with Gasteiger partial charge in [0.05, 0.1) is 14.2 Å². The fraction of sp³-hybridized carbons (Fsp3) is 0.400. The van der Waals surface area contributed by atoms with Gasteiger partial charge in [0, 0.05) is 32.5 Å². The van der Waals surface area contributed by atoms with Gasteiger partial charge in [-0.3, -0.25) is 4.79 Å². The van der Waals surface area contributed by atoms with E-state index in [9.17, 15) is 4.79 Å². The number of rotatable bonds is 6. The molecule has 1 aromatic carbocycles. The lowest BCUT2D eigenvalue weighted by atomic mass is 10.2. The number of ether oxygens (including phenoxy) is 2. The van der Waals surface area contributed by atoms with Crippen LogP contribution in [0.4, 0.5) is 0 Å². The van der Waals surface area contributed by atoms with E-state index in [1.165, 1.54) is 4.90 Å². The lowest BCUT2D eigenvalue weighted by Gasteiger charge is -2.08. The Morgan fingerprint density at radius 1 is 1.23 bits per heavy atom. The minimum Gasteiger partial charge on any atom is -0.493 e. The zero-order valence-electron chi connectivity index (χ0n) is 13.1. The van der Waals surface area contributed by atoms with E-state index in [1.54, 1.807) is 40.4 Å². The standard InChI is InChI=1S/C15H19N3O4/c1-18(2)14(19)8-7-13-16-15(17-22-13)10-5-6-11(20-3)12(9-10)21-4/h5-6,9H,7-8H2,1-4H3. The Kier molecular flexibility index (Phi) is 4.98. The number of nitrogens with zero attached hydrogens (tertiary/aromatic N) is 3. The summed E-state index contributed by atoms with van der Waals surface area (Å²) in [5, 5.41) is 3.93. The van der Waals surface area contributed by atoms with Gasteiger partial charge >= 0.3 is 0 Å². The summed E-state index contributed by atoms with van der Waals surface area (Å²) >= 11 is 0. The molecule has 0 spiro atoms. The predicted molar refractivity (Wildman–Crippen MR) is 79.9 cm³/mol. The van der Waals surface area contributed by atoms with Gasteiger partial charge in [0.1, 0.15) is 0 Å². The van der Waals surface area contributed by atoms with Crippen molar-refractivity contribution in [2.45, 2.75) is 12.8 Å². The molecule has 2 aromatic rings. The Labute approximate surface area is 128 Å². The summed E-state index contributed by atoms with van der Waals surface area (Å²) < 4.78 is 15.6. The average Bonchev–Trinajstić information content (AvgIpc) is 3.00. The number of aromatic nitrogens is 2. The maximum atomic E-state index is 11.6. The first-order valence-electron chi connectivity index (χ1n) is 6.80. The van der Waals surface area contributed by atoms with Crippen molar-refractivity contribution in [1.29, 1.82) is 0 Å². The lowest BCUT2D eigenvalue weighted by Crippen LogP contribution is -2.21. The van der Waals surface area contributed by atoms with Crippen molar-refractivity contribution >= 4 is 5.91 Å². The minimum absolute atomic E-state index is 0.0193. The zero-order valence-corrected chi connectivity index (χ0v) is 13.1. The summed E-state index contributed by atoms with van der Waals surface area (Å²) in [7, 11) is 6.57. The maximum absolute atomic E-state index is 11.6. The van der Waals surface area contributed by atoms with Crippen LogP contribution in [-0.4, -0.2) is 49.3 Å². The van der Waals surface area contributed by atoms with Crippen LogP contribution in [0.2, 0.25) is 0 Å². The summed E-state index contributed by atoms with van der Waals surface area (Å²) in [6, 6.07) is 5.37. The molecule has 0 fully saturated rings. The summed E-state index contributed by atoms with van der Waals surface area (Å²) in [5.41, 5.74) is 0.756. The van der Waals surface area contributed by atoms with Crippen LogP contribution in [0.3, 0.4) is 0 Å². The molecular weight excluding hydrogens is 286 g/mol. The molecule has 2 rings (SSSR count). The van der Waals surface area contributed by atoms with Gasteiger partial charge < -0.3 is 18.9 Å². The zero-order chi connectivity index (χ0) is 16.1. The normalized spacial score (nSPS) is 10.4. The van der Waals surface area contributed by atoms with Crippen molar-refractivity contribution in [3.05, 3.63) is 24.1 Å². The summed E-state index contributed by atoms with van der Waals surface area (Å²) in [5.74, 6) is 2.12. The Morgan fingerprint density at radius 2 is 1.95 bits per heavy atom. The van der Waals surface area contributed by atoms with Gasteiger partial charge in [-0.05, 0) is 18.2 Å². The number of benzene rings is 1. The Bertz CT molecular complexity index is 652. The smallest absolute Gasteiger partial charge is 0.227 e. The molecule has 0 atom stereocenters. The molecular formula is C15H19N3O4. The van der Waals surface area contributed by atoms with E-state index in [4.69, 9.17) is 14.0 Å². The highest BCUT2D eigenvalue weighted by atomic mass is 16.5. The summed E-state index contributed by atoms with van der Waals surface area (Å²) in [6.45, 7) is 0. The molecule has 0 aliphatic heterocycles. The number of carbonyl (C=O) groups excluding carboxylic acids is 1. The fourth-order valence-corrected chi connectivity index (χ4v) is 1.89. The lowest BCUT2D eigenvalue weighted by molar-refractivity contribution is -0.128. The van der Waals surface area contributed by atoms with E-state index in [0.29, 0.717) is 36.1 Å². The molecule has 1 heterocycles. The molecule has 0 radical (unpaired) electrons. The molecule has 22 heavy (non-hydrogen) atoms. The second-order valence-corrected chi connectivity index (χ2v) is 4.87. The van der Waals surface area contributed by atoms with Crippen molar-refractivity contribution in [3.63, 3.8) is 0 Å². The van der Waals surface area contributed by atoms with Crippen LogP contribution in [-0.2, 0) is 11.2 Å². The highest BCUT2D eigenvalue weighted by Crippen LogP contribution is 2.31. The van der Waals surface area contributed by atoms with Gasteiger partial charge in [0.15, 0.2) is 11.5 Å². The van der Waals surface area contributed by atoms with Crippen molar-refractivity contribution in [2.24, 2.45) is 0 Å². The Hall–Kier alpha value is -2.57. The van der Waals surface area contributed by atoms with Crippen LogP contribution in [0.5, 0.6) is 11.5 Å². The number of amides is 1. The third kappa shape index (κ3) is 3.55. The number of hydrogen-bond donors (Lipinski definition) is 0. The van der Waals surface area contributed by atoms with Crippen LogP contribution in [0.1, 0.15) is 12.3 Å². The first kappa shape index (κ1) is 15.8. The molecule has 1 aromatic heterocycles. The fourth-order valence-electron chi connectivity index (χ4n) is 1.89. The van der Waals surface area contributed by atoms with Crippen molar-refractivity contribution in [1.82, 2.24) is 15.0 Å². The first-order valence-corrected chi connectivity index (χ1v) is 6.80. The number of aryl methyl sites for hydroxylation is 1. The average molecular weight is 305 g/mol. The predicted octanol–water partition coefficient (Wildman–Crippen LogP) is 1.77. The third-order valence-corrected chi connectivity index (χ3v) is 3.16. The molecule has 0 saturated carbocycles. The topological polar surface area (TPSA) is 77.7 Å². The van der Waals surface area contributed by atoms with Crippen LogP contribution in [0.25, 0.3) is 11.4 Å². The molecule has 7 nitrogen and oxygen atoms in total. The highest BCUT2D eigenvalue weighted by Gasteiger charge is 2.13. The van der Waals surface area contributed by atoms with Gasteiger partial charge in [-0.2, -0.15) is 4.98 Å².